The molecule has 22 heavy (non-hydrogen) atoms. The van der Waals surface area contributed by atoms with Gasteiger partial charge in [-0.3, -0.25) is 4.79 Å². The van der Waals surface area contributed by atoms with Gasteiger partial charge in [-0.15, -0.1) is 0 Å². The molecule has 2 aromatic rings. The summed E-state index contributed by atoms with van der Waals surface area (Å²) in [5, 5.41) is 10.1. The molecule has 5 heteroatoms. The van der Waals surface area contributed by atoms with E-state index in [1.54, 1.807) is 0 Å². The van der Waals surface area contributed by atoms with E-state index in [0.29, 0.717) is 12.6 Å². The predicted octanol–water partition coefficient (Wildman–Crippen LogP) is 2.48. The fraction of sp³-hybridized carbons (Fsp3) is 0.412. The smallest absolute Gasteiger partial charge is 0.268 e. The molecule has 1 aromatic carbocycles. The third kappa shape index (κ3) is 3.74. The molecule has 1 saturated carbocycles. The zero-order valence-electron chi connectivity index (χ0n) is 12.9. The van der Waals surface area contributed by atoms with Crippen LogP contribution in [0, 0.1) is 0 Å². The van der Waals surface area contributed by atoms with E-state index in [0.717, 1.165) is 22.6 Å². The van der Waals surface area contributed by atoms with E-state index in [9.17, 15) is 4.79 Å². The molecule has 1 aliphatic rings. The molecule has 1 fully saturated rings. The molecule has 1 aromatic heterocycles. The maximum absolute atomic E-state index is 11.8. The second-order valence-corrected chi connectivity index (χ2v) is 5.95. The fourth-order valence-corrected chi connectivity index (χ4v) is 2.24. The molecular weight excluding hydrogens is 278 g/mol. The molecule has 2 N–H and O–H groups in total. The molecule has 1 aliphatic carbocycles. The van der Waals surface area contributed by atoms with E-state index in [1.165, 1.54) is 12.8 Å². The van der Waals surface area contributed by atoms with Gasteiger partial charge in [-0.1, -0.05) is 0 Å². The van der Waals surface area contributed by atoms with Crippen LogP contribution in [-0.4, -0.2) is 22.3 Å². The van der Waals surface area contributed by atoms with Crippen LogP contribution in [0.2, 0.25) is 0 Å². The predicted molar refractivity (Wildman–Crippen MR) is 85.9 cm³/mol. The fourth-order valence-electron chi connectivity index (χ4n) is 2.24. The molecule has 0 unspecified atom stereocenters. The summed E-state index contributed by atoms with van der Waals surface area (Å²) in [5.41, 5.74) is 2.32. The lowest BCUT2D eigenvalue weighted by Crippen LogP contribution is -2.23. The maximum Gasteiger partial charge on any atom is 0.268 e. The second-order valence-electron chi connectivity index (χ2n) is 5.95. The minimum Gasteiger partial charge on any atom is -0.491 e. The van der Waals surface area contributed by atoms with Gasteiger partial charge in [-0.25, -0.2) is 5.10 Å². The Bertz CT molecular complexity index is 688. The summed E-state index contributed by atoms with van der Waals surface area (Å²) in [4.78, 5) is 11.8. The van der Waals surface area contributed by atoms with Crippen molar-refractivity contribution in [2.45, 2.75) is 45.4 Å². The summed E-state index contributed by atoms with van der Waals surface area (Å²) in [7, 11) is 0. The van der Waals surface area contributed by atoms with Crippen molar-refractivity contribution in [3.05, 3.63) is 46.2 Å². The molecule has 0 bridgehead atoms. The number of H-pyrrole nitrogens is 1. The normalized spacial score (nSPS) is 14.3. The molecule has 116 valence electrons. The van der Waals surface area contributed by atoms with Crippen LogP contribution < -0.4 is 15.6 Å². The first-order valence-electron chi connectivity index (χ1n) is 7.71. The zero-order chi connectivity index (χ0) is 15.5. The van der Waals surface area contributed by atoms with E-state index in [2.05, 4.69) is 15.5 Å². The Hall–Kier alpha value is -2.14. The summed E-state index contributed by atoms with van der Waals surface area (Å²) < 4.78 is 5.63. The largest absolute Gasteiger partial charge is 0.491 e. The number of nitrogens with one attached hydrogen (secondary N) is 2. The molecule has 0 atom stereocenters. The highest BCUT2D eigenvalue weighted by Crippen LogP contribution is 2.22. The third-order valence-corrected chi connectivity index (χ3v) is 3.56. The number of rotatable bonds is 6. The second kappa shape index (κ2) is 6.32. The highest BCUT2D eigenvalue weighted by molar-refractivity contribution is 5.60. The summed E-state index contributed by atoms with van der Waals surface area (Å²) in [6, 6.07) is 10.2. The maximum atomic E-state index is 11.8. The quantitative estimate of drug-likeness (QED) is 0.860. The lowest BCUT2D eigenvalue weighted by molar-refractivity contribution is 0.242. The van der Waals surface area contributed by atoms with E-state index < -0.39 is 0 Å². The SMILES string of the molecule is CC(C)Oc1ccc(-c2cc(CNC3CC3)c(=O)[nH]n2)cc1. The van der Waals surface area contributed by atoms with Crippen LogP contribution in [0.25, 0.3) is 11.3 Å². The molecule has 0 amide bonds. The van der Waals surface area contributed by atoms with Crippen molar-refractivity contribution in [3.8, 4) is 17.0 Å². The summed E-state index contributed by atoms with van der Waals surface area (Å²) in [6.07, 6.45) is 2.55. The van der Waals surface area contributed by atoms with Crippen molar-refractivity contribution in [1.82, 2.24) is 15.5 Å². The van der Waals surface area contributed by atoms with Crippen molar-refractivity contribution >= 4 is 0 Å². The first-order valence-corrected chi connectivity index (χ1v) is 7.71. The lowest BCUT2D eigenvalue weighted by atomic mass is 10.1. The zero-order valence-corrected chi connectivity index (χ0v) is 12.9. The standard InChI is InChI=1S/C17H21N3O2/c1-11(2)22-15-7-3-12(4-8-15)16-9-13(17(21)20-19-16)10-18-14-5-6-14/h3-4,7-9,11,14,18H,5-6,10H2,1-2H3,(H,20,21). The van der Waals surface area contributed by atoms with Crippen LogP contribution in [-0.2, 0) is 6.54 Å². The Balaban J connectivity index is 1.78. The van der Waals surface area contributed by atoms with Crippen molar-refractivity contribution < 1.29 is 4.74 Å². The third-order valence-electron chi connectivity index (χ3n) is 3.56. The highest BCUT2D eigenvalue weighted by Gasteiger charge is 2.20. The Morgan fingerprint density at radius 3 is 2.68 bits per heavy atom. The Kier molecular flexibility index (Phi) is 4.24. The average molecular weight is 299 g/mol. The van der Waals surface area contributed by atoms with Crippen molar-refractivity contribution in [3.63, 3.8) is 0 Å². The summed E-state index contributed by atoms with van der Waals surface area (Å²) in [5.74, 6) is 0.832. The Labute approximate surface area is 129 Å². The van der Waals surface area contributed by atoms with Crippen molar-refractivity contribution in [2.24, 2.45) is 0 Å². The average Bonchev–Trinajstić information content (AvgIpc) is 3.31. The molecule has 5 nitrogen and oxygen atoms in total. The van der Waals surface area contributed by atoms with Crippen LogP contribution in [0.4, 0.5) is 0 Å². The molecule has 1 heterocycles. The first-order chi connectivity index (χ1) is 10.6. The topological polar surface area (TPSA) is 67.0 Å². The monoisotopic (exact) mass is 299 g/mol. The van der Waals surface area contributed by atoms with Crippen LogP contribution in [0.3, 0.4) is 0 Å². The van der Waals surface area contributed by atoms with Gasteiger partial charge in [0.2, 0.25) is 0 Å². The molecule has 0 saturated heterocycles. The van der Waals surface area contributed by atoms with E-state index >= 15 is 0 Å². The lowest BCUT2D eigenvalue weighted by Gasteiger charge is -2.10. The number of aromatic amines is 1. The summed E-state index contributed by atoms with van der Waals surface area (Å²) >= 11 is 0. The molecular formula is C17H21N3O2. The molecule has 0 aliphatic heterocycles. The van der Waals surface area contributed by atoms with Crippen LogP contribution >= 0.6 is 0 Å². The Morgan fingerprint density at radius 1 is 1.32 bits per heavy atom. The Morgan fingerprint density at radius 2 is 2.05 bits per heavy atom. The molecule has 3 rings (SSSR count). The summed E-state index contributed by atoms with van der Waals surface area (Å²) in [6.45, 7) is 4.58. The molecule has 0 radical (unpaired) electrons. The highest BCUT2D eigenvalue weighted by atomic mass is 16.5. The van der Waals surface area contributed by atoms with Gasteiger partial charge >= 0.3 is 0 Å². The van der Waals surface area contributed by atoms with Gasteiger partial charge < -0.3 is 10.1 Å². The first kappa shape index (κ1) is 14.8. The van der Waals surface area contributed by atoms with Gasteiger partial charge in [0.1, 0.15) is 5.75 Å². The number of hydrogen-bond donors (Lipinski definition) is 2. The van der Waals surface area contributed by atoms with E-state index in [1.807, 2.05) is 44.2 Å². The van der Waals surface area contributed by atoms with Gasteiger partial charge in [-0.05, 0) is 57.0 Å². The van der Waals surface area contributed by atoms with Crippen LogP contribution in [0.15, 0.2) is 35.1 Å². The minimum absolute atomic E-state index is 0.128. The van der Waals surface area contributed by atoms with Crippen LogP contribution in [0.1, 0.15) is 32.3 Å². The number of hydrogen-bond acceptors (Lipinski definition) is 4. The van der Waals surface area contributed by atoms with Crippen molar-refractivity contribution in [1.29, 1.82) is 0 Å². The van der Waals surface area contributed by atoms with E-state index in [-0.39, 0.29) is 11.7 Å². The van der Waals surface area contributed by atoms with E-state index in [4.69, 9.17) is 4.74 Å². The number of aromatic nitrogens is 2. The van der Waals surface area contributed by atoms with Gasteiger partial charge in [0.05, 0.1) is 11.8 Å². The van der Waals surface area contributed by atoms with Gasteiger partial charge in [0, 0.05) is 23.7 Å². The van der Waals surface area contributed by atoms with Gasteiger partial charge in [0.15, 0.2) is 0 Å². The van der Waals surface area contributed by atoms with Gasteiger partial charge in [-0.2, -0.15) is 5.10 Å². The number of nitrogens with zero attached hydrogens (tertiary/aromatic N) is 1. The number of ether oxygens (including phenoxy) is 1. The van der Waals surface area contributed by atoms with Crippen LogP contribution in [0.5, 0.6) is 5.75 Å². The van der Waals surface area contributed by atoms with Crippen molar-refractivity contribution in [2.75, 3.05) is 0 Å². The van der Waals surface area contributed by atoms with Gasteiger partial charge in [0.25, 0.3) is 5.56 Å². The molecule has 0 spiro atoms. The minimum atomic E-state index is -0.128. The number of benzene rings is 1.